The summed E-state index contributed by atoms with van der Waals surface area (Å²) in [5, 5.41) is 8.01. The molecule has 1 aromatic rings. The molecule has 0 unspecified atom stereocenters. The Labute approximate surface area is 64.3 Å². The molecule has 0 spiro atoms. The number of nitriles is 1. The molecular formula is C8H5N3. The highest BCUT2D eigenvalue weighted by Gasteiger charge is 1.79. The van der Waals surface area contributed by atoms with Crippen LogP contribution in [-0.4, -0.2) is 6.01 Å². The van der Waals surface area contributed by atoms with Crippen molar-refractivity contribution in [3.63, 3.8) is 0 Å². The van der Waals surface area contributed by atoms with Crippen molar-refractivity contribution in [3.05, 3.63) is 30.3 Å². The third-order valence-corrected chi connectivity index (χ3v) is 1.04. The highest BCUT2D eigenvalue weighted by molar-refractivity contribution is 5.52. The van der Waals surface area contributed by atoms with Gasteiger partial charge in [-0.25, -0.2) is 0 Å². The first-order valence-electron chi connectivity index (χ1n) is 3.03. The van der Waals surface area contributed by atoms with Gasteiger partial charge in [0.2, 0.25) is 6.19 Å². The van der Waals surface area contributed by atoms with Crippen molar-refractivity contribution in [1.29, 1.82) is 5.26 Å². The number of nitrogens with zero attached hydrogens (tertiary/aromatic N) is 3. The molecular weight excluding hydrogens is 138 g/mol. The van der Waals surface area contributed by atoms with Crippen molar-refractivity contribution < 1.29 is 0 Å². The van der Waals surface area contributed by atoms with Crippen LogP contribution in [0.5, 0.6) is 0 Å². The second-order valence-electron chi connectivity index (χ2n) is 1.76. The van der Waals surface area contributed by atoms with Crippen LogP contribution in [0.1, 0.15) is 0 Å². The van der Waals surface area contributed by atoms with E-state index in [1.807, 2.05) is 18.2 Å². The number of para-hydroxylation sites is 1. The van der Waals surface area contributed by atoms with Gasteiger partial charge in [-0.2, -0.15) is 10.3 Å². The molecule has 0 fully saturated rings. The molecule has 52 valence electrons. The topological polar surface area (TPSA) is 48.5 Å². The summed E-state index contributed by atoms with van der Waals surface area (Å²) in [7, 11) is 0. The van der Waals surface area contributed by atoms with Gasteiger partial charge in [-0.05, 0) is 12.1 Å². The molecule has 0 bridgehead atoms. The van der Waals surface area contributed by atoms with Crippen LogP contribution in [0.4, 0.5) is 5.69 Å². The molecule has 0 aliphatic carbocycles. The van der Waals surface area contributed by atoms with Gasteiger partial charge in [0.1, 0.15) is 6.01 Å². The number of aliphatic imine (C=N–C) groups is 2. The van der Waals surface area contributed by atoms with Crippen LogP contribution in [0, 0.1) is 11.5 Å². The summed E-state index contributed by atoms with van der Waals surface area (Å²) in [5.74, 6) is 0. The molecule has 1 aromatic carbocycles. The van der Waals surface area contributed by atoms with Gasteiger partial charge in [0.25, 0.3) is 0 Å². The summed E-state index contributed by atoms with van der Waals surface area (Å²) in [6.07, 6.45) is 1.56. The van der Waals surface area contributed by atoms with Crippen LogP contribution in [0.2, 0.25) is 0 Å². The predicted octanol–water partition coefficient (Wildman–Crippen LogP) is 1.97. The highest BCUT2D eigenvalue weighted by Crippen LogP contribution is 2.07. The molecule has 0 saturated carbocycles. The number of hydrogen-bond acceptors (Lipinski definition) is 3. The second kappa shape index (κ2) is 3.99. The molecule has 0 radical (unpaired) electrons. The average molecular weight is 143 g/mol. The summed E-state index contributed by atoms with van der Waals surface area (Å²) in [6.45, 7) is 0. The van der Waals surface area contributed by atoms with Crippen LogP contribution in [0.15, 0.2) is 40.3 Å². The van der Waals surface area contributed by atoms with Crippen LogP contribution >= 0.6 is 0 Å². The summed E-state index contributed by atoms with van der Waals surface area (Å²) in [5.41, 5.74) is 0.742. The first-order valence-corrected chi connectivity index (χ1v) is 3.03. The van der Waals surface area contributed by atoms with E-state index in [2.05, 4.69) is 16.0 Å². The maximum atomic E-state index is 8.01. The third-order valence-electron chi connectivity index (χ3n) is 1.04. The van der Waals surface area contributed by atoms with E-state index in [0.717, 1.165) is 5.69 Å². The quantitative estimate of drug-likeness (QED) is 0.438. The smallest absolute Gasteiger partial charge is 0.187 e. The van der Waals surface area contributed by atoms with Gasteiger partial charge in [0.15, 0.2) is 0 Å². The van der Waals surface area contributed by atoms with Crippen molar-refractivity contribution in [2.75, 3.05) is 0 Å². The number of benzene rings is 1. The van der Waals surface area contributed by atoms with Crippen molar-refractivity contribution >= 4 is 11.7 Å². The Balaban J connectivity index is 2.82. The van der Waals surface area contributed by atoms with Crippen molar-refractivity contribution in [3.8, 4) is 6.19 Å². The monoisotopic (exact) mass is 143 g/mol. The standard InChI is InChI=1S/C8H5N3/c9-6-10-7-11-8-4-2-1-3-5-8/h1-5H. The molecule has 0 saturated heterocycles. The highest BCUT2D eigenvalue weighted by atomic mass is 14.8. The molecule has 0 N–H and O–H groups in total. The summed E-state index contributed by atoms with van der Waals surface area (Å²) in [6, 6.07) is 11.4. The third kappa shape index (κ3) is 2.44. The zero-order valence-corrected chi connectivity index (χ0v) is 5.73. The van der Waals surface area contributed by atoms with Crippen LogP contribution in [0.3, 0.4) is 0 Å². The first-order chi connectivity index (χ1) is 5.43. The second-order valence-corrected chi connectivity index (χ2v) is 1.76. The molecule has 11 heavy (non-hydrogen) atoms. The fourth-order valence-corrected chi connectivity index (χ4v) is 0.608. The lowest BCUT2D eigenvalue weighted by atomic mass is 10.3. The Morgan fingerprint density at radius 3 is 2.55 bits per heavy atom. The predicted molar refractivity (Wildman–Crippen MR) is 41.6 cm³/mol. The summed E-state index contributed by atoms with van der Waals surface area (Å²) >= 11 is 0. The molecule has 0 heterocycles. The van der Waals surface area contributed by atoms with Crippen molar-refractivity contribution in [1.82, 2.24) is 0 Å². The van der Waals surface area contributed by atoms with E-state index in [4.69, 9.17) is 5.26 Å². The average Bonchev–Trinajstić information content (AvgIpc) is 2.07. The molecule has 0 aromatic heterocycles. The van der Waals surface area contributed by atoms with E-state index in [9.17, 15) is 0 Å². The van der Waals surface area contributed by atoms with Gasteiger partial charge in [-0.15, -0.1) is 4.99 Å². The zero-order valence-electron chi connectivity index (χ0n) is 5.73. The number of hydrogen-bond donors (Lipinski definition) is 0. The maximum Gasteiger partial charge on any atom is 0.216 e. The minimum absolute atomic E-state index is 0.742. The Kier molecular flexibility index (Phi) is 2.61. The summed E-state index contributed by atoms with van der Waals surface area (Å²) in [4.78, 5) is 6.91. The summed E-state index contributed by atoms with van der Waals surface area (Å²) < 4.78 is 0. The van der Waals surface area contributed by atoms with E-state index in [0.29, 0.717) is 0 Å². The van der Waals surface area contributed by atoms with E-state index in [1.165, 1.54) is 0 Å². The van der Waals surface area contributed by atoms with E-state index in [1.54, 1.807) is 18.3 Å². The number of rotatable bonds is 1. The van der Waals surface area contributed by atoms with Gasteiger partial charge in [-0.1, -0.05) is 18.2 Å². The SMILES string of the molecule is N#CN=C=Nc1ccccc1. The lowest BCUT2D eigenvalue weighted by molar-refractivity contribution is 1.44. The Morgan fingerprint density at radius 1 is 1.18 bits per heavy atom. The van der Waals surface area contributed by atoms with Crippen molar-refractivity contribution in [2.24, 2.45) is 9.98 Å². The molecule has 0 atom stereocenters. The lowest BCUT2D eigenvalue weighted by Crippen LogP contribution is -1.60. The van der Waals surface area contributed by atoms with Gasteiger partial charge in [-0.3, -0.25) is 0 Å². The van der Waals surface area contributed by atoms with Gasteiger partial charge >= 0.3 is 0 Å². The largest absolute Gasteiger partial charge is 0.216 e. The zero-order chi connectivity index (χ0) is 7.94. The molecule has 3 nitrogen and oxygen atoms in total. The molecule has 3 heteroatoms. The Morgan fingerprint density at radius 2 is 1.91 bits per heavy atom. The molecule has 1 rings (SSSR count). The van der Waals surface area contributed by atoms with Crippen LogP contribution in [-0.2, 0) is 0 Å². The van der Waals surface area contributed by atoms with Crippen LogP contribution < -0.4 is 0 Å². The maximum absolute atomic E-state index is 8.01. The normalized spacial score (nSPS) is 7.55. The lowest BCUT2D eigenvalue weighted by Gasteiger charge is -1.84. The fraction of sp³-hybridized carbons (Fsp3) is 0. The minimum Gasteiger partial charge on any atom is -0.187 e. The first kappa shape index (κ1) is 7.20. The van der Waals surface area contributed by atoms with E-state index in [-0.39, 0.29) is 0 Å². The van der Waals surface area contributed by atoms with Crippen molar-refractivity contribution in [2.45, 2.75) is 0 Å². The van der Waals surface area contributed by atoms with E-state index < -0.39 is 0 Å². The minimum atomic E-state index is 0.742. The fourth-order valence-electron chi connectivity index (χ4n) is 0.608. The van der Waals surface area contributed by atoms with Gasteiger partial charge in [0, 0.05) is 0 Å². The molecule has 0 amide bonds. The molecule has 0 aliphatic rings. The Bertz CT molecular complexity index is 315. The molecule has 0 aliphatic heterocycles. The van der Waals surface area contributed by atoms with E-state index >= 15 is 0 Å². The Hall–Kier alpha value is -1.91. The van der Waals surface area contributed by atoms with Gasteiger partial charge in [0.05, 0.1) is 5.69 Å². The van der Waals surface area contributed by atoms with Crippen LogP contribution in [0.25, 0.3) is 0 Å². The van der Waals surface area contributed by atoms with Gasteiger partial charge < -0.3 is 0 Å².